The molecule has 0 amide bonds. The molecule has 18 heavy (non-hydrogen) atoms. The Morgan fingerprint density at radius 3 is 2.28 bits per heavy atom. The molecule has 1 aromatic rings. The van der Waals surface area contributed by atoms with Gasteiger partial charge >= 0.3 is 0 Å². The van der Waals surface area contributed by atoms with Gasteiger partial charge in [0.2, 0.25) is 0 Å². The van der Waals surface area contributed by atoms with Crippen molar-refractivity contribution in [1.82, 2.24) is 9.80 Å². The van der Waals surface area contributed by atoms with E-state index in [-0.39, 0.29) is 0 Å². The van der Waals surface area contributed by atoms with Gasteiger partial charge in [-0.25, -0.2) is 0 Å². The summed E-state index contributed by atoms with van der Waals surface area (Å²) in [5.41, 5.74) is 1.14. The van der Waals surface area contributed by atoms with Crippen LogP contribution in [-0.4, -0.2) is 55.6 Å². The van der Waals surface area contributed by atoms with Crippen molar-refractivity contribution in [2.75, 3.05) is 51.1 Å². The van der Waals surface area contributed by atoms with Gasteiger partial charge in [0.05, 0.1) is 0 Å². The molecule has 1 fully saturated rings. The Kier molecular flexibility index (Phi) is 5.29. The Hall–Kier alpha value is -0.770. The van der Waals surface area contributed by atoms with Gasteiger partial charge in [0.25, 0.3) is 0 Å². The van der Waals surface area contributed by atoms with Crippen LogP contribution in [0.15, 0.2) is 24.3 Å². The summed E-state index contributed by atoms with van der Waals surface area (Å²) in [5, 5.41) is 4.22. The highest BCUT2D eigenvalue weighted by Gasteiger charge is 2.14. The third kappa shape index (κ3) is 4.16. The first kappa shape index (κ1) is 13.7. The van der Waals surface area contributed by atoms with Crippen LogP contribution in [0.5, 0.6) is 0 Å². The summed E-state index contributed by atoms with van der Waals surface area (Å²) in [6, 6.07) is 7.89. The minimum Gasteiger partial charge on any atom is -0.384 e. The highest BCUT2D eigenvalue weighted by Crippen LogP contribution is 2.13. The number of halogens is 1. The van der Waals surface area contributed by atoms with E-state index in [1.807, 2.05) is 24.3 Å². The molecule has 0 radical (unpaired) electrons. The molecular weight excluding hydrogens is 246 g/mol. The van der Waals surface area contributed by atoms with Gasteiger partial charge in [0, 0.05) is 50.0 Å². The Labute approximate surface area is 115 Å². The molecule has 1 saturated heterocycles. The van der Waals surface area contributed by atoms with Crippen LogP contribution in [0.2, 0.25) is 5.02 Å². The fourth-order valence-corrected chi connectivity index (χ4v) is 2.38. The lowest BCUT2D eigenvalue weighted by Crippen LogP contribution is -2.47. The summed E-state index contributed by atoms with van der Waals surface area (Å²) in [6.07, 6.45) is 0. The van der Waals surface area contributed by atoms with Crippen molar-refractivity contribution in [2.24, 2.45) is 0 Å². The maximum atomic E-state index is 5.85. The summed E-state index contributed by atoms with van der Waals surface area (Å²) in [6.45, 7) is 10.3. The van der Waals surface area contributed by atoms with Crippen LogP contribution in [-0.2, 0) is 0 Å². The average Bonchev–Trinajstić information content (AvgIpc) is 2.42. The lowest BCUT2D eigenvalue weighted by Gasteiger charge is -2.34. The summed E-state index contributed by atoms with van der Waals surface area (Å²) in [5.74, 6) is 0. The van der Waals surface area contributed by atoms with Gasteiger partial charge in [-0.3, -0.25) is 4.90 Å². The van der Waals surface area contributed by atoms with Gasteiger partial charge in [-0.15, -0.1) is 0 Å². The molecule has 1 aliphatic heterocycles. The monoisotopic (exact) mass is 267 g/mol. The van der Waals surface area contributed by atoms with Gasteiger partial charge in [-0.05, 0) is 30.8 Å². The molecule has 0 bridgehead atoms. The molecule has 3 nitrogen and oxygen atoms in total. The minimum atomic E-state index is 0.788. The molecule has 0 saturated carbocycles. The van der Waals surface area contributed by atoms with Crippen LogP contribution >= 0.6 is 11.6 Å². The predicted molar refractivity (Wildman–Crippen MR) is 78.5 cm³/mol. The molecular formula is C14H22ClN3. The summed E-state index contributed by atoms with van der Waals surface area (Å²) < 4.78 is 0. The molecule has 1 aromatic carbocycles. The van der Waals surface area contributed by atoms with E-state index < -0.39 is 0 Å². The van der Waals surface area contributed by atoms with E-state index in [0.29, 0.717) is 0 Å². The van der Waals surface area contributed by atoms with Crippen LogP contribution < -0.4 is 5.32 Å². The molecule has 100 valence electrons. The van der Waals surface area contributed by atoms with Gasteiger partial charge < -0.3 is 10.2 Å². The van der Waals surface area contributed by atoms with Crippen LogP contribution in [0.1, 0.15) is 6.92 Å². The molecule has 2 rings (SSSR count). The normalized spacial score (nSPS) is 17.9. The number of likely N-dealkylation sites (N-methyl/N-ethyl adjacent to an activating group) is 1. The van der Waals surface area contributed by atoms with Crippen molar-refractivity contribution in [3.8, 4) is 0 Å². The van der Waals surface area contributed by atoms with Crippen molar-refractivity contribution in [1.29, 1.82) is 0 Å². The van der Waals surface area contributed by atoms with Gasteiger partial charge in [-0.2, -0.15) is 0 Å². The van der Waals surface area contributed by atoms with E-state index in [4.69, 9.17) is 11.6 Å². The van der Waals surface area contributed by atoms with Crippen LogP contribution in [0.25, 0.3) is 0 Å². The van der Waals surface area contributed by atoms with Crippen molar-refractivity contribution in [3.63, 3.8) is 0 Å². The lowest BCUT2D eigenvalue weighted by molar-refractivity contribution is 0.141. The van der Waals surface area contributed by atoms with Crippen LogP contribution in [0.3, 0.4) is 0 Å². The predicted octanol–water partition coefficient (Wildman–Crippen LogP) is 2.39. The number of hydrogen-bond donors (Lipinski definition) is 1. The molecule has 1 heterocycles. The van der Waals surface area contributed by atoms with Crippen molar-refractivity contribution in [3.05, 3.63) is 29.3 Å². The van der Waals surface area contributed by atoms with Crippen LogP contribution in [0.4, 0.5) is 5.69 Å². The maximum absolute atomic E-state index is 5.85. The molecule has 0 aromatic heterocycles. The molecule has 1 aliphatic rings. The SMILES string of the molecule is CCN1CCN(CCNc2ccc(Cl)cc2)CC1. The van der Waals surface area contributed by atoms with E-state index in [1.54, 1.807) is 0 Å². The molecule has 0 atom stereocenters. The quantitative estimate of drug-likeness (QED) is 0.884. The van der Waals surface area contributed by atoms with Gasteiger partial charge in [0.1, 0.15) is 0 Å². The maximum Gasteiger partial charge on any atom is 0.0407 e. The Morgan fingerprint density at radius 1 is 1.06 bits per heavy atom. The molecule has 0 spiro atoms. The number of rotatable bonds is 5. The molecule has 0 unspecified atom stereocenters. The summed E-state index contributed by atoms with van der Waals surface area (Å²) in [7, 11) is 0. The topological polar surface area (TPSA) is 18.5 Å². The zero-order valence-electron chi connectivity index (χ0n) is 11.0. The van der Waals surface area contributed by atoms with Crippen molar-refractivity contribution in [2.45, 2.75) is 6.92 Å². The average molecular weight is 268 g/mol. The van der Waals surface area contributed by atoms with Gasteiger partial charge in [0.15, 0.2) is 0 Å². The van der Waals surface area contributed by atoms with E-state index >= 15 is 0 Å². The second kappa shape index (κ2) is 6.98. The van der Waals surface area contributed by atoms with E-state index in [0.717, 1.165) is 23.8 Å². The lowest BCUT2D eigenvalue weighted by atomic mass is 10.3. The molecule has 0 aliphatic carbocycles. The molecule has 1 N–H and O–H groups in total. The first-order valence-corrected chi connectivity index (χ1v) is 7.10. The fraction of sp³-hybridized carbons (Fsp3) is 0.571. The number of benzene rings is 1. The smallest absolute Gasteiger partial charge is 0.0407 e. The Bertz CT molecular complexity index is 345. The van der Waals surface area contributed by atoms with E-state index in [2.05, 4.69) is 22.0 Å². The second-order valence-corrected chi connectivity index (χ2v) is 5.15. The third-order valence-electron chi connectivity index (χ3n) is 3.51. The van der Waals surface area contributed by atoms with Crippen molar-refractivity contribution < 1.29 is 0 Å². The van der Waals surface area contributed by atoms with Gasteiger partial charge in [-0.1, -0.05) is 18.5 Å². The largest absolute Gasteiger partial charge is 0.384 e. The number of nitrogens with one attached hydrogen (secondary N) is 1. The molecule has 4 heteroatoms. The number of piperazine rings is 1. The number of anilines is 1. The van der Waals surface area contributed by atoms with Crippen LogP contribution in [0, 0.1) is 0 Å². The standard InChI is InChI=1S/C14H22ClN3/c1-2-17-9-11-18(12-10-17)8-7-16-14-5-3-13(15)4-6-14/h3-6,16H,2,7-12H2,1H3. The zero-order valence-corrected chi connectivity index (χ0v) is 11.8. The van der Waals surface area contributed by atoms with E-state index in [9.17, 15) is 0 Å². The van der Waals surface area contributed by atoms with E-state index in [1.165, 1.54) is 32.7 Å². The third-order valence-corrected chi connectivity index (χ3v) is 3.77. The first-order chi connectivity index (χ1) is 8.78. The fourth-order valence-electron chi connectivity index (χ4n) is 2.26. The number of hydrogen-bond acceptors (Lipinski definition) is 3. The Balaban J connectivity index is 1.65. The minimum absolute atomic E-state index is 0.788. The highest BCUT2D eigenvalue weighted by atomic mass is 35.5. The zero-order chi connectivity index (χ0) is 12.8. The number of nitrogens with zero attached hydrogens (tertiary/aromatic N) is 2. The van der Waals surface area contributed by atoms with Crippen molar-refractivity contribution >= 4 is 17.3 Å². The summed E-state index contributed by atoms with van der Waals surface area (Å²) in [4.78, 5) is 5.03. The highest BCUT2D eigenvalue weighted by molar-refractivity contribution is 6.30. The first-order valence-electron chi connectivity index (χ1n) is 6.72. The second-order valence-electron chi connectivity index (χ2n) is 4.71. The Morgan fingerprint density at radius 2 is 1.67 bits per heavy atom. The summed E-state index contributed by atoms with van der Waals surface area (Å²) >= 11 is 5.85.